The largest absolute Gasteiger partial charge is 0.495 e. The minimum absolute atomic E-state index is 0.0763. The molecule has 1 aliphatic rings. The molecule has 0 saturated heterocycles. The molecule has 1 fully saturated rings. The molecule has 0 spiro atoms. The Morgan fingerprint density at radius 1 is 1.09 bits per heavy atom. The summed E-state index contributed by atoms with van der Waals surface area (Å²) < 4.78 is 19.3. The number of hydrogen-bond acceptors (Lipinski definition) is 4. The fraction of sp³-hybridized carbons (Fsp3) is 0.308. The van der Waals surface area contributed by atoms with E-state index in [1.54, 1.807) is 30.3 Å². The van der Waals surface area contributed by atoms with Gasteiger partial charge >= 0.3 is 0 Å². The van der Waals surface area contributed by atoms with E-state index >= 15 is 0 Å². The highest BCUT2D eigenvalue weighted by Crippen LogP contribution is 2.36. The third-order valence-electron chi connectivity index (χ3n) is 5.91. The van der Waals surface area contributed by atoms with Gasteiger partial charge < -0.3 is 10.1 Å². The molecule has 1 saturated carbocycles. The molecular weight excluding hydrogens is 439 g/mol. The topological polar surface area (TPSA) is 58.6 Å². The summed E-state index contributed by atoms with van der Waals surface area (Å²) in [7, 11) is 1.53. The summed E-state index contributed by atoms with van der Waals surface area (Å²) in [6.07, 6.45) is 4.11. The van der Waals surface area contributed by atoms with Gasteiger partial charge in [0.05, 0.1) is 19.2 Å². The molecule has 33 heavy (non-hydrogen) atoms. The monoisotopic (exact) mass is 466 g/mol. The predicted octanol–water partition coefficient (Wildman–Crippen LogP) is 5.27. The van der Waals surface area contributed by atoms with Crippen molar-refractivity contribution in [2.45, 2.75) is 44.2 Å². The first-order chi connectivity index (χ1) is 16.1. The van der Waals surface area contributed by atoms with Crippen molar-refractivity contribution in [3.63, 3.8) is 0 Å². The number of para-hydroxylation sites is 2. The lowest BCUT2D eigenvalue weighted by Crippen LogP contribution is -2.47. The molecule has 1 unspecified atom stereocenters. The summed E-state index contributed by atoms with van der Waals surface area (Å²) in [4.78, 5) is 29.8. The maximum Gasteiger partial charge on any atom is 0.248 e. The number of rotatable bonds is 8. The van der Waals surface area contributed by atoms with Crippen LogP contribution in [-0.2, 0) is 16.0 Å². The van der Waals surface area contributed by atoms with E-state index in [2.05, 4.69) is 5.32 Å². The van der Waals surface area contributed by atoms with Crippen LogP contribution in [0.4, 0.5) is 10.1 Å². The van der Waals surface area contributed by atoms with Crippen LogP contribution in [0, 0.1) is 5.82 Å². The Labute approximate surface area is 197 Å². The molecular formula is C26H27FN2O3S. The number of hydrogen-bond donors (Lipinski definition) is 1. The van der Waals surface area contributed by atoms with Gasteiger partial charge in [-0.05, 0) is 54.1 Å². The van der Waals surface area contributed by atoms with Crippen LogP contribution in [0.3, 0.4) is 0 Å². The van der Waals surface area contributed by atoms with Gasteiger partial charge in [-0.25, -0.2) is 4.39 Å². The fourth-order valence-corrected chi connectivity index (χ4v) is 5.00. The van der Waals surface area contributed by atoms with Gasteiger partial charge in [0.2, 0.25) is 11.8 Å². The van der Waals surface area contributed by atoms with Crippen molar-refractivity contribution >= 4 is 28.8 Å². The molecule has 4 rings (SSSR count). The first-order valence-corrected chi connectivity index (χ1v) is 12.0. The van der Waals surface area contributed by atoms with E-state index in [0.29, 0.717) is 17.0 Å². The lowest BCUT2D eigenvalue weighted by atomic mass is 10.0. The number of ether oxygens (including phenoxy) is 1. The normalized spacial score (nSPS) is 14.6. The quantitative estimate of drug-likeness (QED) is 0.492. The van der Waals surface area contributed by atoms with E-state index in [1.807, 2.05) is 23.6 Å². The molecule has 0 radical (unpaired) electrons. The zero-order valence-electron chi connectivity index (χ0n) is 18.5. The predicted molar refractivity (Wildman–Crippen MR) is 128 cm³/mol. The standard InChI is InChI=1S/C26H27FN2O3S/c1-32-23-11-5-4-10-22(23)29(24(30)17-21-9-6-16-33-21)25(18-12-14-19(27)15-13-18)26(31)28-20-7-2-3-8-20/h4-6,9-16,20,25H,2-3,7-8,17H2,1H3,(H,28,31). The average molecular weight is 467 g/mol. The Balaban J connectivity index is 1.79. The van der Waals surface area contributed by atoms with Crippen molar-refractivity contribution in [1.82, 2.24) is 5.32 Å². The summed E-state index contributed by atoms with van der Waals surface area (Å²) >= 11 is 1.49. The highest BCUT2D eigenvalue weighted by atomic mass is 32.1. The lowest BCUT2D eigenvalue weighted by molar-refractivity contribution is -0.127. The highest BCUT2D eigenvalue weighted by molar-refractivity contribution is 7.10. The van der Waals surface area contributed by atoms with E-state index in [1.165, 1.54) is 35.5 Å². The second-order valence-corrected chi connectivity index (χ2v) is 9.17. The number of thiophene rings is 1. The minimum atomic E-state index is -0.963. The zero-order chi connectivity index (χ0) is 23.2. The van der Waals surface area contributed by atoms with Crippen LogP contribution in [0.15, 0.2) is 66.0 Å². The molecule has 1 N–H and O–H groups in total. The van der Waals surface area contributed by atoms with Gasteiger partial charge in [0.25, 0.3) is 0 Å². The van der Waals surface area contributed by atoms with Crippen LogP contribution >= 0.6 is 11.3 Å². The number of carbonyl (C=O) groups is 2. The van der Waals surface area contributed by atoms with Crippen LogP contribution < -0.4 is 15.0 Å². The number of nitrogens with zero attached hydrogens (tertiary/aromatic N) is 1. The fourth-order valence-electron chi connectivity index (χ4n) is 4.31. The third-order valence-corrected chi connectivity index (χ3v) is 6.79. The summed E-state index contributed by atoms with van der Waals surface area (Å²) in [5.41, 5.74) is 1.04. The summed E-state index contributed by atoms with van der Waals surface area (Å²) in [6, 6.07) is 15.8. The van der Waals surface area contributed by atoms with E-state index < -0.39 is 11.9 Å². The van der Waals surface area contributed by atoms with E-state index in [9.17, 15) is 14.0 Å². The van der Waals surface area contributed by atoms with Crippen molar-refractivity contribution in [2.24, 2.45) is 0 Å². The van der Waals surface area contributed by atoms with Crippen molar-refractivity contribution in [1.29, 1.82) is 0 Å². The van der Waals surface area contributed by atoms with Crippen LogP contribution in [0.1, 0.15) is 42.2 Å². The third kappa shape index (κ3) is 5.42. The number of amides is 2. The van der Waals surface area contributed by atoms with Crippen LogP contribution in [0.25, 0.3) is 0 Å². The van der Waals surface area contributed by atoms with Crippen molar-refractivity contribution in [2.75, 3.05) is 12.0 Å². The SMILES string of the molecule is COc1ccccc1N(C(=O)Cc1cccs1)C(C(=O)NC1CCCC1)c1ccc(F)cc1. The molecule has 1 aliphatic carbocycles. The number of halogens is 1. The number of benzene rings is 2. The van der Waals surface area contributed by atoms with Crippen LogP contribution in [0.2, 0.25) is 0 Å². The van der Waals surface area contributed by atoms with Crippen molar-refractivity contribution in [3.05, 3.63) is 82.3 Å². The van der Waals surface area contributed by atoms with E-state index in [4.69, 9.17) is 4.74 Å². The molecule has 7 heteroatoms. The van der Waals surface area contributed by atoms with Gasteiger partial charge in [0.15, 0.2) is 0 Å². The van der Waals surface area contributed by atoms with Crippen LogP contribution in [-0.4, -0.2) is 25.0 Å². The maximum atomic E-state index is 13.7. The lowest BCUT2D eigenvalue weighted by Gasteiger charge is -2.33. The second kappa shape index (κ2) is 10.6. The van der Waals surface area contributed by atoms with Gasteiger partial charge in [0, 0.05) is 10.9 Å². The maximum absolute atomic E-state index is 13.7. The molecule has 3 aromatic rings. The van der Waals surface area contributed by atoms with Gasteiger partial charge in [-0.3, -0.25) is 14.5 Å². The molecule has 5 nitrogen and oxygen atoms in total. The smallest absolute Gasteiger partial charge is 0.248 e. The summed E-state index contributed by atoms with van der Waals surface area (Å²) in [5.74, 6) is -0.433. The van der Waals surface area contributed by atoms with Crippen LogP contribution in [0.5, 0.6) is 5.75 Å². The molecule has 1 heterocycles. The number of nitrogens with one attached hydrogen (secondary N) is 1. The minimum Gasteiger partial charge on any atom is -0.495 e. The number of methoxy groups -OCH3 is 1. The first-order valence-electron chi connectivity index (χ1n) is 11.1. The molecule has 0 bridgehead atoms. The molecule has 2 amide bonds. The molecule has 2 aromatic carbocycles. The molecule has 1 atom stereocenters. The van der Waals surface area contributed by atoms with E-state index in [-0.39, 0.29) is 24.3 Å². The molecule has 0 aliphatic heterocycles. The Morgan fingerprint density at radius 3 is 2.48 bits per heavy atom. The van der Waals surface area contributed by atoms with Gasteiger partial charge in [-0.15, -0.1) is 11.3 Å². The van der Waals surface area contributed by atoms with Gasteiger partial charge in [0.1, 0.15) is 17.6 Å². The summed E-state index contributed by atoms with van der Waals surface area (Å²) in [5, 5.41) is 5.05. The second-order valence-electron chi connectivity index (χ2n) is 8.14. The Bertz CT molecular complexity index is 1080. The Morgan fingerprint density at radius 2 is 1.82 bits per heavy atom. The highest BCUT2D eigenvalue weighted by Gasteiger charge is 2.35. The molecule has 172 valence electrons. The Hall–Kier alpha value is -3.19. The average Bonchev–Trinajstić information content (AvgIpc) is 3.52. The van der Waals surface area contributed by atoms with Crippen molar-refractivity contribution < 1.29 is 18.7 Å². The number of anilines is 1. The number of carbonyl (C=O) groups excluding carboxylic acids is 2. The Kier molecular flexibility index (Phi) is 7.40. The van der Waals surface area contributed by atoms with Crippen molar-refractivity contribution in [3.8, 4) is 5.75 Å². The zero-order valence-corrected chi connectivity index (χ0v) is 19.3. The van der Waals surface area contributed by atoms with Gasteiger partial charge in [-0.2, -0.15) is 0 Å². The summed E-state index contributed by atoms with van der Waals surface area (Å²) in [6.45, 7) is 0. The van der Waals surface area contributed by atoms with E-state index in [0.717, 1.165) is 30.6 Å². The van der Waals surface area contributed by atoms with Gasteiger partial charge in [-0.1, -0.05) is 43.2 Å². The molecule has 1 aromatic heterocycles. The first kappa shape index (κ1) is 23.0.